The third kappa shape index (κ3) is 3.12. The number of nitrogens with zero attached hydrogens (tertiary/aromatic N) is 1. The number of hydrogen-bond donors (Lipinski definition) is 1. The molecule has 3 rings (SSSR count). The van der Waals surface area contributed by atoms with Crippen molar-refractivity contribution in [3.05, 3.63) is 64.8 Å². The van der Waals surface area contributed by atoms with E-state index in [1.807, 2.05) is 12.1 Å². The minimum absolute atomic E-state index is 0.0950. The van der Waals surface area contributed by atoms with Gasteiger partial charge in [-0.15, -0.1) is 0 Å². The SMILES string of the molecule is O=C(O)c1cn(C(=O)COc2ccc(Br)cc2)c2ccccc12. The molecule has 2 aromatic carbocycles. The average Bonchev–Trinajstić information content (AvgIpc) is 2.94. The van der Waals surface area contributed by atoms with Gasteiger partial charge in [0, 0.05) is 16.1 Å². The molecule has 0 spiro atoms. The molecule has 0 fully saturated rings. The fraction of sp³-hybridized carbons (Fsp3) is 0.0588. The molecule has 0 amide bonds. The summed E-state index contributed by atoms with van der Waals surface area (Å²) in [6.07, 6.45) is 1.33. The molecule has 0 aliphatic heterocycles. The highest BCUT2D eigenvalue weighted by atomic mass is 79.9. The van der Waals surface area contributed by atoms with E-state index in [-0.39, 0.29) is 18.1 Å². The lowest BCUT2D eigenvalue weighted by atomic mass is 10.2. The van der Waals surface area contributed by atoms with Gasteiger partial charge < -0.3 is 9.84 Å². The van der Waals surface area contributed by atoms with Gasteiger partial charge in [-0.3, -0.25) is 9.36 Å². The zero-order valence-electron chi connectivity index (χ0n) is 11.9. The van der Waals surface area contributed by atoms with Crippen LogP contribution in [0.1, 0.15) is 15.2 Å². The molecule has 5 nitrogen and oxygen atoms in total. The van der Waals surface area contributed by atoms with Crippen LogP contribution in [0.25, 0.3) is 10.9 Å². The highest BCUT2D eigenvalue weighted by molar-refractivity contribution is 9.10. The molecule has 0 aliphatic rings. The first-order valence-electron chi connectivity index (χ1n) is 6.81. The summed E-state index contributed by atoms with van der Waals surface area (Å²) in [4.78, 5) is 23.7. The van der Waals surface area contributed by atoms with Crippen LogP contribution in [0.5, 0.6) is 5.75 Å². The Morgan fingerprint density at radius 1 is 1.09 bits per heavy atom. The van der Waals surface area contributed by atoms with Gasteiger partial charge in [0.05, 0.1) is 11.1 Å². The monoisotopic (exact) mass is 373 g/mol. The number of carboxylic acids is 1. The van der Waals surface area contributed by atoms with Crippen LogP contribution >= 0.6 is 15.9 Å². The highest BCUT2D eigenvalue weighted by Gasteiger charge is 2.17. The number of hydrogen-bond acceptors (Lipinski definition) is 3. The van der Waals surface area contributed by atoms with Crippen molar-refractivity contribution in [1.82, 2.24) is 4.57 Å². The Kier molecular flexibility index (Phi) is 4.16. The van der Waals surface area contributed by atoms with E-state index in [0.717, 1.165) is 4.47 Å². The van der Waals surface area contributed by atoms with Crippen LogP contribution in [0, 0.1) is 0 Å². The number of carboxylic acid groups (broad SMARTS) is 1. The topological polar surface area (TPSA) is 68.5 Å². The highest BCUT2D eigenvalue weighted by Crippen LogP contribution is 2.22. The van der Waals surface area contributed by atoms with Crippen molar-refractivity contribution < 1.29 is 19.4 Å². The fourth-order valence-electron chi connectivity index (χ4n) is 2.30. The lowest BCUT2D eigenvalue weighted by Crippen LogP contribution is -2.18. The maximum absolute atomic E-state index is 12.4. The predicted molar refractivity (Wildman–Crippen MR) is 89.2 cm³/mol. The second kappa shape index (κ2) is 6.26. The van der Waals surface area contributed by atoms with Crippen molar-refractivity contribution in [3.8, 4) is 5.75 Å². The molecule has 0 atom stereocenters. The van der Waals surface area contributed by atoms with Crippen molar-refractivity contribution >= 4 is 38.7 Å². The number of rotatable bonds is 4. The number of carbonyl (C=O) groups is 2. The van der Waals surface area contributed by atoms with Crippen molar-refractivity contribution in [2.45, 2.75) is 0 Å². The molecule has 1 aromatic heterocycles. The Morgan fingerprint density at radius 2 is 1.78 bits per heavy atom. The smallest absolute Gasteiger partial charge is 0.337 e. The quantitative estimate of drug-likeness (QED) is 0.754. The van der Waals surface area contributed by atoms with Gasteiger partial charge in [0.15, 0.2) is 6.61 Å². The van der Waals surface area contributed by atoms with Crippen LogP contribution in [0.4, 0.5) is 0 Å². The molecular formula is C17H12BrNO4. The lowest BCUT2D eigenvalue weighted by Gasteiger charge is -2.07. The number of halogens is 1. The van der Waals surface area contributed by atoms with Crippen LogP contribution in [0.2, 0.25) is 0 Å². The molecule has 1 heterocycles. The summed E-state index contributed by atoms with van der Waals surface area (Å²) in [7, 11) is 0. The largest absolute Gasteiger partial charge is 0.484 e. The third-order valence-electron chi connectivity index (χ3n) is 3.39. The Bertz CT molecular complexity index is 883. The van der Waals surface area contributed by atoms with Gasteiger partial charge in [0.1, 0.15) is 5.75 Å². The normalized spacial score (nSPS) is 10.7. The van der Waals surface area contributed by atoms with Crippen molar-refractivity contribution in [2.75, 3.05) is 6.61 Å². The summed E-state index contributed by atoms with van der Waals surface area (Å²) in [5, 5.41) is 9.78. The number of carbonyl (C=O) groups excluding carboxylic acids is 1. The molecule has 0 saturated carbocycles. The maximum Gasteiger partial charge on any atom is 0.337 e. The summed E-state index contributed by atoms with van der Waals surface area (Å²) in [6.45, 7) is -0.181. The van der Waals surface area contributed by atoms with Crippen LogP contribution in [0.3, 0.4) is 0 Å². The molecule has 0 bridgehead atoms. The molecule has 0 aliphatic carbocycles. The van der Waals surface area contributed by atoms with Gasteiger partial charge in [-0.05, 0) is 30.3 Å². The summed E-state index contributed by atoms with van der Waals surface area (Å²) in [6, 6.07) is 14.0. The first kappa shape index (κ1) is 15.3. The summed E-state index contributed by atoms with van der Waals surface area (Å²) < 4.78 is 7.69. The maximum atomic E-state index is 12.4. The number of aromatic nitrogens is 1. The molecule has 0 unspecified atom stereocenters. The second-order valence-corrected chi connectivity index (χ2v) is 5.79. The van der Waals surface area contributed by atoms with Gasteiger partial charge in [-0.1, -0.05) is 34.1 Å². The molecule has 116 valence electrons. The number of benzene rings is 2. The zero-order valence-corrected chi connectivity index (χ0v) is 13.5. The van der Waals surface area contributed by atoms with Gasteiger partial charge in [0.25, 0.3) is 5.91 Å². The molecule has 23 heavy (non-hydrogen) atoms. The summed E-state index contributed by atoms with van der Waals surface area (Å²) in [5.74, 6) is -0.838. The minimum atomic E-state index is -1.07. The van der Waals surface area contributed by atoms with E-state index in [1.54, 1.807) is 36.4 Å². The van der Waals surface area contributed by atoms with Crippen molar-refractivity contribution in [2.24, 2.45) is 0 Å². The Labute approximate surface area is 140 Å². The van der Waals surface area contributed by atoms with Gasteiger partial charge >= 0.3 is 5.97 Å². The number of ether oxygens (including phenoxy) is 1. The van der Waals surface area contributed by atoms with Crippen LogP contribution in [-0.4, -0.2) is 28.2 Å². The third-order valence-corrected chi connectivity index (χ3v) is 3.92. The molecule has 3 aromatic rings. The first-order chi connectivity index (χ1) is 11.1. The van der Waals surface area contributed by atoms with Crippen LogP contribution in [0.15, 0.2) is 59.2 Å². The zero-order chi connectivity index (χ0) is 16.4. The Balaban J connectivity index is 1.86. The molecule has 0 saturated heterocycles. The predicted octanol–water partition coefficient (Wildman–Crippen LogP) is 3.82. The standard InChI is InChI=1S/C17H12BrNO4/c18-11-5-7-12(8-6-11)23-10-16(20)19-9-14(17(21)22)13-3-1-2-4-15(13)19/h1-9H,10H2,(H,21,22). The Morgan fingerprint density at radius 3 is 2.48 bits per heavy atom. The minimum Gasteiger partial charge on any atom is -0.484 e. The van der Waals surface area contributed by atoms with E-state index in [0.29, 0.717) is 16.7 Å². The van der Waals surface area contributed by atoms with E-state index in [9.17, 15) is 14.7 Å². The van der Waals surface area contributed by atoms with E-state index >= 15 is 0 Å². The van der Waals surface area contributed by atoms with Crippen LogP contribution < -0.4 is 4.74 Å². The van der Waals surface area contributed by atoms with Crippen molar-refractivity contribution in [3.63, 3.8) is 0 Å². The summed E-state index contributed by atoms with van der Waals surface area (Å²) in [5.41, 5.74) is 0.645. The van der Waals surface area contributed by atoms with E-state index < -0.39 is 5.97 Å². The van der Waals surface area contributed by atoms with Crippen molar-refractivity contribution in [1.29, 1.82) is 0 Å². The number of aromatic carboxylic acids is 1. The number of fused-ring (bicyclic) bond motifs is 1. The van der Waals surface area contributed by atoms with Gasteiger partial charge in [-0.25, -0.2) is 4.79 Å². The second-order valence-electron chi connectivity index (χ2n) is 4.87. The molecular weight excluding hydrogens is 362 g/mol. The van der Waals surface area contributed by atoms with E-state index in [2.05, 4.69) is 15.9 Å². The van der Waals surface area contributed by atoms with Crippen LogP contribution in [-0.2, 0) is 0 Å². The average molecular weight is 374 g/mol. The Hall–Kier alpha value is -2.60. The van der Waals surface area contributed by atoms with E-state index in [1.165, 1.54) is 10.8 Å². The molecule has 6 heteroatoms. The fourth-order valence-corrected chi connectivity index (χ4v) is 2.57. The molecule has 1 N–H and O–H groups in total. The molecule has 0 radical (unpaired) electrons. The number of para-hydroxylation sites is 1. The van der Waals surface area contributed by atoms with Gasteiger partial charge in [0.2, 0.25) is 0 Å². The van der Waals surface area contributed by atoms with E-state index in [4.69, 9.17) is 4.74 Å². The van der Waals surface area contributed by atoms with Gasteiger partial charge in [-0.2, -0.15) is 0 Å². The lowest BCUT2D eigenvalue weighted by molar-refractivity contribution is 0.0699. The summed E-state index contributed by atoms with van der Waals surface area (Å²) >= 11 is 3.32. The first-order valence-corrected chi connectivity index (χ1v) is 7.60.